The molecule has 91 heavy (non-hydrogen) atoms. The minimum Gasteiger partial charge on any atom is -0.463 e. The maximum Gasteiger partial charge on any atom is 0.472 e. The van der Waals surface area contributed by atoms with Crippen molar-refractivity contribution in [2.45, 2.75) is 257 Å². The van der Waals surface area contributed by atoms with Gasteiger partial charge in [-0.25, -0.2) is 9.13 Å². The molecule has 0 saturated heterocycles. The van der Waals surface area contributed by atoms with Crippen LogP contribution < -0.4 is 0 Å². The van der Waals surface area contributed by atoms with E-state index in [0.29, 0.717) is 19.3 Å². The first-order valence-corrected chi connectivity index (χ1v) is 37.1. The standard InChI is InChI=1S/C73H120O16P2/c1-4-7-10-13-16-19-22-25-27-29-31-33-35-37-39-42-44-47-50-53-56-59-71(76)83-62-68(74)63-85-90(79,80)86-64-69(75)65-87-91(81,82)88-67-70(89-73(78)61-58-55-52-49-46-41-24-21-18-15-12-9-6-3)66-84-72(77)60-57-54-51-48-45-43-40-38-36-34-32-30-28-26-23-20-17-14-11-8-5-2/h7-8,10-11,16-17,19-20,25-28,31-34,37-40,44-45,47-48,68-70,74-75H,4-6,9,12-15,18,21-24,29-30,35-36,41-43,46,49-67H2,1-3H3,(H,79,80)(H,81,82)/b10-7-,11-8-,19-16-,20-17-,27-25-,28-26-,33-31-,34-32-,39-37-,40-38-,47-44-,48-45-. The van der Waals surface area contributed by atoms with Gasteiger partial charge in [-0.3, -0.25) is 32.5 Å². The van der Waals surface area contributed by atoms with Crippen molar-refractivity contribution in [1.29, 1.82) is 0 Å². The highest BCUT2D eigenvalue weighted by molar-refractivity contribution is 7.47. The van der Waals surface area contributed by atoms with Crippen molar-refractivity contribution < 1.29 is 75.8 Å². The number of phosphoric acid groups is 2. The van der Waals surface area contributed by atoms with Crippen molar-refractivity contribution in [2.75, 3.05) is 39.6 Å². The Morgan fingerprint density at radius 3 is 0.923 bits per heavy atom. The van der Waals surface area contributed by atoms with Crippen molar-refractivity contribution in [2.24, 2.45) is 0 Å². The second-order valence-electron chi connectivity index (χ2n) is 22.2. The molecule has 0 fully saturated rings. The molecule has 0 aromatic rings. The molecule has 0 saturated carbocycles. The molecule has 5 atom stereocenters. The molecule has 518 valence electrons. The van der Waals surface area contributed by atoms with Crippen LogP contribution in [0.1, 0.15) is 239 Å². The first-order chi connectivity index (χ1) is 44.2. The predicted octanol–water partition coefficient (Wildman–Crippen LogP) is 19.0. The van der Waals surface area contributed by atoms with E-state index < -0.39 is 91.5 Å². The van der Waals surface area contributed by atoms with E-state index in [4.69, 9.17) is 32.3 Å². The number of hydrogen-bond acceptors (Lipinski definition) is 14. The number of aliphatic hydroxyl groups excluding tert-OH is 2. The lowest BCUT2D eigenvalue weighted by Gasteiger charge is -2.21. The number of hydrogen-bond donors (Lipinski definition) is 4. The smallest absolute Gasteiger partial charge is 0.463 e. The number of esters is 3. The molecule has 16 nitrogen and oxygen atoms in total. The van der Waals surface area contributed by atoms with E-state index in [9.17, 15) is 43.5 Å². The second-order valence-corrected chi connectivity index (χ2v) is 25.1. The summed E-state index contributed by atoms with van der Waals surface area (Å²) < 4.78 is 60.8. The minimum absolute atomic E-state index is 0.0917. The van der Waals surface area contributed by atoms with Crippen LogP contribution in [0.2, 0.25) is 0 Å². The SMILES string of the molecule is CC/C=C\C/C=C\C/C=C\C/C=C\C/C=C\C/C=C\CCCCC(=O)OCC(O)COP(=O)(O)OCC(O)COP(=O)(O)OCC(COC(=O)CCCC/C=C\C/C=C\C/C=C\C/C=C\C/C=C\C/C=C\CC)OC(=O)CCCCCCCCCCCCCCC. The molecule has 0 amide bonds. The van der Waals surface area contributed by atoms with Crippen LogP contribution in [0, 0.1) is 0 Å². The van der Waals surface area contributed by atoms with Gasteiger partial charge in [-0.1, -0.05) is 244 Å². The summed E-state index contributed by atoms with van der Waals surface area (Å²) in [4.78, 5) is 58.3. The van der Waals surface area contributed by atoms with Gasteiger partial charge in [0, 0.05) is 19.3 Å². The molecule has 0 heterocycles. The van der Waals surface area contributed by atoms with Crippen LogP contribution in [-0.4, -0.2) is 95.9 Å². The fourth-order valence-corrected chi connectivity index (χ4v) is 9.98. The highest BCUT2D eigenvalue weighted by Crippen LogP contribution is 2.45. The van der Waals surface area contributed by atoms with Crippen LogP contribution in [0.4, 0.5) is 0 Å². The number of carbonyl (C=O) groups is 3. The lowest BCUT2D eigenvalue weighted by Crippen LogP contribution is -2.30. The Hall–Kier alpha value is -4.57. The highest BCUT2D eigenvalue weighted by atomic mass is 31.2. The Bertz CT molecular complexity index is 2240. The second kappa shape index (κ2) is 65.5. The van der Waals surface area contributed by atoms with Crippen molar-refractivity contribution in [1.82, 2.24) is 0 Å². The number of allylic oxidation sites excluding steroid dienone is 24. The number of unbranched alkanes of at least 4 members (excludes halogenated alkanes) is 16. The quantitative estimate of drug-likeness (QED) is 0.0146. The zero-order valence-electron chi connectivity index (χ0n) is 56.0. The molecule has 0 aliphatic carbocycles. The van der Waals surface area contributed by atoms with Gasteiger partial charge in [0.25, 0.3) is 0 Å². The zero-order valence-corrected chi connectivity index (χ0v) is 57.7. The Labute approximate surface area is 549 Å². The summed E-state index contributed by atoms with van der Waals surface area (Å²) in [5, 5.41) is 20.5. The van der Waals surface area contributed by atoms with E-state index in [1.165, 1.54) is 51.4 Å². The minimum atomic E-state index is -4.94. The third-order valence-electron chi connectivity index (χ3n) is 13.6. The Morgan fingerprint density at radius 2 is 0.582 bits per heavy atom. The van der Waals surface area contributed by atoms with Gasteiger partial charge in [0.1, 0.15) is 25.4 Å². The molecule has 0 aliphatic heterocycles. The number of rotatable bonds is 63. The summed E-state index contributed by atoms with van der Waals surface area (Å²) >= 11 is 0. The third kappa shape index (κ3) is 66.7. The van der Waals surface area contributed by atoms with Gasteiger partial charge in [0.2, 0.25) is 0 Å². The van der Waals surface area contributed by atoms with Gasteiger partial charge < -0.3 is 34.2 Å². The molecule has 5 unspecified atom stereocenters. The van der Waals surface area contributed by atoms with Crippen LogP contribution in [0.15, 0.2) is 146 Å². The lowest BCUT2D eigenvalue weighted by molar-refractivity contribution is -0.161. The molecular formula is C73H120O16P2. The van der Waals surface area contributed by atoms with E-state index in [1.807, 2.05) is 0 Å². The molecule has 0 aliphatic rings. The Kier molecular flexibility index (Phi) is 62.2. The van der Waals surface area contributed by atoms with E-state index in [-0.39, 0.29) is 19.3 Å². The highest BCUT2D eigenvalue weighted by Gasteiger charge is 2.29. The first-order valence-electron chi connectivity index (χ1n) is 34.1. The summed E-state index contributed by atoms with van der Waals surface area (Å²) in [6, 6.07) is 0. The fourth-order valence-electron chi connectivity index (χ4n) is 8.40. The number of carbonyl (C=O) groups excluding carboxylic acids is 3. The number of ether oxygens (including phenoxy) is 3. The van der Waals surface area contributed by atoms with Gasteiger partial charge in [-0.05, 0) is 122 Å². The van der Waals surface area contributed by atoms with Gasteiger partial charge >= 0.3 is 33.6 Å². The van der Waals surface area contributed by atoms with E-state index in [2.05, 4.69) is 167 Å². The lowest BCUT2D eigenvalue weighted by atomic mass is 10.0. The molecule has 18 heteroatoms. The van der Waals surface area contributed by atoms with Crippen molar-refractivity contribution in [3.8, 4) is 0 Å². The van der Waals surface area contributed by atoms with Crippen molar-refractivity contribution in [3.63, 3.8) is 0 Å². The summed E-state index contributed by atoms with van der Waals surface area (Å²) in [5.74, 6) is -1.67. The fraction of sp³-hybridized carbons (Fsp3) is 0.630. The van der Waals surface area contributed by atoms with Crippen molar-refractivity contribution in [3.05, 3.63) is 146 Å². The van der Waals surface area contributed by atoms with Gasteiger partial charge in [-0.15, -0.1) is 0 Å². The molecular weight excluding hydrogens is 1190 g/mol. The molecule has 0 aromatic carbocycles. The van der Waals surface area contributed by atoms with Crippen LogP contribution in [0.3, 0.4) is 0 Å². The maximum absolute atomic E-state index is 12.9. The third-order valence-corrected chi connectivity index (χ3v) is 15.5. The Morgan fingerprint density at radius 1 is 0.319 bits per heavy atom. The normalized spacial score (nSPS) is 15.1. The average molecular weight is 1320 g/mol. The summed E-state index contributed by atoms with van der Waals surface area (Å²) in [5.41, 5.74) is 0. The average Bonchev–Trinajstić information content (AvgIpc) is 3.75. The maximum atomic E-state index is 12.9. The van der Waals surface area contributed by atoms with E-state index in [1.54, 1.807) is 0 Å². The molecule has 0 aromatic heterocycles. The van der Waals surface area contributed by atoms with Gasteiger partial charge in [0.05, 0.1) is 26.4 Å². The number of aliphatic hydroxyl groups is 2. The van der Waals surface area contributed by atoms with Crippen LogP contribution in [0.5, 0.6) is 0 Å². The van der Waals surface area contributed by atoms with Crippen molar-refractivity contribution >= 4 is 33.6 Å². The molecule has 0 spiro atoms. The molecule has 4 N–H and O–H groups in total. The van der Waals surface area contributed by atoms with E-state index in [0.717, 1.165) is 128 Å². The van der Waals surface area contributed by atoms with Gasteiger partial charge in [0.15, 0.2) is 6.10 Å². The van der Waals surface area contributed by atoms with Crippen LogP contribution >= 0.6 is 15.6 Å². The predicted molar refractivity (Wildman–Crippen MR) is 371 cm³/mol. The van der Waals surface area contributed by atoms with Crippen LogP contribution in [0.25, 0.3) is 0 Å². The topological polar surface area (TPSA) is 231 Å². The molecule has 0 bridgehead atoms. The largest absolute Gasteiger partial charge is 0.472 e. The molecule has 0 rings (SSSR count). The molecule has 0 radical (unpaired) electrons. The van der Waals surface area contributed by atoms with Gasteiger partial charge in [-0.2, -0.15) is 0 Å². The van der Waals surface area contributed by atoms with E-state index >= 15 is 0 Å². The summed E-state index contributed by atoms with van der Waals surface area (Å²) in [6.07, 6.45) is 77.6. The zero-order chi connectivity index (χ0) is 66.7. The summed E-state index contributed by atoms with van der Waals surface area (Å²) in [7, 11) is -9.81. The first kappa shape index (κ1) is 86.4. The number of phosphoric ester groups is 2. The monoisotopic (exact) mass is 1310 g/mol. The van der Waals surface area contributed by atoms with Crippen LogP contribution in [-0.2, 0) is 55.8 Å². The summed E-state index contributed by atoms with van der Waals surface area (Å²) in [6.45, 7) is 2.31. The Balaban J connectivity index is 4.74.